The fraction of sp³-hybridized carbons (Fsp3) is 0.389. The number of thioether (sulfide) groups is 2. The number of β-lactam (4-membered cyclic amide) rings is 1. The number of thiophene rings is 1. The van der Waals surface area contributed by atoms with Crippen LogP contribution in [0, 0.1) is 12.8 Å². The third-order valence-electron chi connectivity index (χ3n) is 4.87. The number of carbonyl (C=O) groups is 3. The highest BCUT2D eigenvalue weighted by Gasteiger charge is 2.62. The average Bonchev–Trinajstić information content (AvgIpc) is 3.40. The molecule has 4 N–H and O–H groups in total. The van der Waals surface area contributed by atoms with Crippen LogP contribution in [0.5, 0.6) is 0 Å². The monoisotopic (exact) mass is 527 g/mol. The van der Waals surface area contributed by atoms with E-state index in [0.717, 1.165) is 9.35 Å². The molecule has 2 aromatic heterocycles. The maximum Gasteiger partial charge on any atom is 0.418 e. The molecule has 2 aromatic rings. The van der Waals surface area contributed by atoms with Crippen molar-refractivity contribution in [1.29, 1.82) is 0 Å². The summed E-state index contributed by atoms with van der Waals surface area (Å²) in [6.07, 6.45) is 0. The predicted molar refractivity (Wildman–Crippen MR) is 127 cm³/mol. The standard InChI is InChI=1S/C18H18N6O5S4/c1-7-21-22-18(33-7)32-6-9-5-31-16-12(15(26)24(16)13(9)17(27)28)20-14(25)11(23-29-2)8-3-10(19)30-4-8/h3-4,9,12,16H,5-6,19H2,1-2H3,(H-,20,25,27,28)/p+1/b23-11+. The smallest absolute Gasteiger partial charge is 0.418 e. The van der Waals surface area contributed by atoms with Gasteiger partial charge in [0.05, 0.1) is 10.9 Å². The highest BCUT2D eigenvalue weighted by Crippen LogP contribution is 2.36. The molecule has 2 aliphatic rings. The van der Waals surface area contributed by atoms with Gasteiger partial charge < -0.3 is 21.0 Å². The number of rotatable bonds is 8. The number of anilines is 1. The zero-order valence-corrected chi connectivity index (χ0v) is 20.6. The van der Waals surface area contributed by atoms with E-state index in [0.29, 0.717) is 22.1 Å². The molecule has 4 rings (SSSR count). The van der Waals surface area contributed by atoms with Crippen molar-refractivity contribution in [2.45, 2.75) is 22.7 Å². The molecule has 1 fully saturated rings. The van der Waals surface area contributed by atoms with Crippen molar-refractivity contribution in [1.82, 2.24) is 15.5 Å². The van der Waals surface area contributed by atoms with Crippen molar-refractivity contribution in [3.63, 3.8) is 0 Å². The van der Waals surface area contributed by atoms with Gasteiger partial charge in [0.15, 0.2) is 10.1 Å². The average molecular weight is 528 g/mol. The number of aliphatic carboxylic acids is 1. The first kappa shape index (κ1) is 23.7. The Morgan fingerprint density at radius 2 is 2.24 bits per heavy atom. The Morgan fingerprint density at radius 1 is 1.45 bits per heavy atom. The quantitative estimate of drug-likeness (QED) is 0.148. The molecule has 3 atom stereocenters. The number of hydrogen-bond acceptors (Lipinski definition) is 12. The Bertz CT molecular complexity index is 1170. The number of nitrogens with zero attached hydrogens (tertiary/aromatic N) is 4. The van der Waals surface area contributed by atoms with Crippen LogP contribution in [0.15, 0.2) is 20.9 Å². The third kappa shape index (κ3) is 4.76. The molecular formula is C18H19N6O5S4+. The van der Waals surface area contributed by atoms with E-state index in [1.54, 1.807) is 11.4 Å². The van der Waals surface area contributed by atoms with Gasteiger partial charge in [-0.15, -0.1) is 26.1 Å². The van der Waals surface area contributed by atoms with Crippen molar-refractivity contribution in [3.05, 3.63) is 22.0 Å². The largest absolute Gasteiger partial charge is 0.474 e. The summed E-state index contributed by atoms with van der Waals surface area (Å²) in [5.74, 6) is -1.62. The number of oxime groups is 1. The molecule has 33 heavy (non-hydrogen) atoms. The van der Waals surface area contributed by atoms with Crippen LogP contribution in [0.3, 0.4) is 0 Å². The fourth-order valence-corrected chi connectivity index (χ4v) is 7.60. The predicted octanol–water partition coefficient (Wildman–Crippen LogP) is 0.885. The lowest BCUT2D eigenvalue weighted by atomic mass is 10.0. The Morgan fingerprint density at radius 3 is 2.85 bits per heavy atom. The maximum absolute atomic E-state index is 12.9. The van der Waals surface area contributed by atoms with Crippen LogP contribution in [0.25, 0.3) is 0 Å². The minimum Gasteiger partial charge on any atom is -0.474 e. The number of nitrogens with one attached hydrogen (secondary N) is 1. The number of carbonyl (C=O) groups excluding carboxylic acids is 2. The summed E-state index contributed by atoms with van der Waals surface area (Å²) in [4.78, 5) is 42.5. The van der Waals surface area contributed by atoms with Crippen LogP contribution >= 0.6 is 46.2 Å². The lowest BCUT2D eigenvalue weighted by Crippen LogP contribution is -2.70. The van der Waals surface area contributed by atoms with Gasteiger partial charge in [0, 0.05) is 22.4 Å². The van der Waals surface area contributed by atoms with Crippen molar-refractivity contribution in [2.24, 2.45) is 11.1 Å². The second kappa shape index (κ2) is 9.79. The SMILES string of the molecule is CO/N=C(/C(=O)NC1C(=O)[N+]2=C(C(=O)O)C(CSc3nnc(C)s3)CSC12)c1csc(N)c1. The number of amides is 2. The molecule has 11 nitrogen and oxygen atoms in total. The molecular weight excluding hydrogens is 509 g/mol. The zero-order valence-electron chi connectivity index (χ0n) is 17.4. The van der Waals surface area contributed by atoms with Gasteiger partial charge in [0.2, 0.25) is 11.4 Å². The molecule has 2 amide bonds. The Balaban J connectivity index is 1.50. The maximum atomic E-state index is 12.9. The van der Waals surface area contributed by atoms with E-state index in [1.165, 1.54) is 57.9 Å². The molecule has 0 aromatic carbocycles. The Kier molecular flexibility index (Phi) is 7.02. The summed E-state index contributed by atoms with van der Waals surface area (Å²) >= 11 is 5.53. The molecule has 3 unspecified atom stereocenters. The molecule has 0 radical (unpaired) electrons. The van der Waals surface area contributed by atoms with E-state index in [1.807, 2.05) is 6.92 Å². The Hall–Kier alpha value is -2.49. The summed E-state index contributed by atoms with van der Waals surface area (Å²) in [5.41, 5.74) is 6.24. The van der Waals surface area contributed by atoms with E-state index in [-0.39, 0.29) is 17.3 Å². The van der Waals surface area contributed by atoms with E-state index >= 15 is 0 Å². The van der Waals surface area contributed by atoms with Crippen molar-refractivity contribution in [2.75, 3.05) is 24.3 Å². The van der Waals surface area contributed by atoms with Gasteiger partial charge in [-0.3, -0.25) is 4.79 Å². The topological polar surface area (TPSA) is 160 Å². The molecule has 0 bridgehead atoms. The van der Waals surface area contributed by atoms with Crippen LogP contribution in [0.1, 0.15) is 10.6 Å². The lowest BCUT2D eigenvalue weighted by molar-refractivity contribution is -0.513. The van der Waals surface area contributed by atoms with E-state index in [4.69, 9.17) is 10.6 Å². The van der Waals surface area contributed by atoms with Crippen LogP contribution in [-0.2, 0) is 19.2 Å². The Labute approximate surface area is 204 Å². The first-order chi connectivity index (χ1) is 15.8. The number of carboxylic acids is 1. The van der Waals surface area contributed by atoms with E-state index in [2.05, 4.69) is 20.7 Å². The third-order valence-corrected chi connectivity index (χ3v) is 9.19. The molecule has 0 saturated carbocycles. The summed E-state index contributed by atoms with van der Waals surface area (Å²) in [5, 5.41) is 26.8. The minimum atomic E-state index is -1.15. The summed E-state index contributed by atoms with van der Waals surface area (Å²) in [6.45, 7) is 1.85. The van der Waals surface area contributed by atoms with Gasteiger partial charge >= 0.3 is 11.9 Å². The number of nitrogens with two attached hydrogens (primary N) is 1. The van der Waals surface area contributed by atoms with Crippen LogP contribution in [0.2, 0.25) is 0 Å². The van der Waals surface area contributed by atoms with Crippen molar-refractivity contribution >= 4 is 80.4 Å². The van der Waals surface area contributed by atoms with Crippen molar-refractivity contribution in [3.8, 4) is 0 Å². The first-order valence-electron chi connectivity index (χ1n) is 9.54. The molecule has 0 spiro atoms. The van der Waals surface area contributed by atoms with E-state index in [9.17, 15) is 19.5 Å². The highest BCUT2D eigenvalue weighted by molar-refractivity contribution is 8.01. The number of hydrogen-bond donors (Lipinski definition) is 3. The number of carboxylic acid groups (broad SMARTS) is 1. The molecule has 2 aliphatic heterocycles. The summed E-state index contributed by atoms with van der Waals surface area (Å²) < 4.78 is 2.02. The molecule has 1 saturated heterocycles. The number of fused-ring (bicyclic) bond motifs is 1. The molecule has 4 heterocycles. The second-order valence-electron chi connectivity index (χ2n) is 7.03. The first-order valence-corrected chi connectivity index (χ1v) is 13.3. The summed E-state index contributed by atoms with van der Waals surface area (Å²) in [6, 6.07) is 0.721. The van der Waals surface area contributed by atoms with Crippen LogP contribution in [-0.4, -0.2) is 79.1 Å². The van der Waals surface area contributed by atoms with Crippen molar-refractivity contribution < 1.29 is 28.9 Å². The van der Waals surface area contributed by atoms with E-state index < -0.39 is 29.2 Å². The molecule has 174 valence electrons. The molecule has 0 aliphatic carbocycles. The van der Waals surface area contributed by atoms with Gasteiger partial charge in [0.1, 0.15) is 12.1 Å². The number of nitrogen functional groups attached to an aromatic ring is 1. The molecule has 15 heteroatoms. The van der Waals surface area contributed by atoms with Crippen LogP contribution in [0.4, 0.5) is 5.00 Å². The lowest BCUT2D eigenvalue weighted by Gasteiger charge is -2.35. The second-order valence-corrected chi connectivity index (χ2v) is 11.6. The van der Waals surface area contributed by atoms with Gasteiger partial charge in [-0.1, -0.05) is 40.0 Å². The number of aromatic nitrogens is 2. The number of aryl methyl sites for hydroxylation is 1. The highest BCUT2D eigenvalue weighted by atomic mass is 32.2. The fourth-order valence-electron chi connectivity index (χ4n) is 3.43. The minimum absolute atomic E-state index is 0.0124. The van der Waals surface area contributed by atoms with Crippen LogP contribution < -0.4 is 11.1 Å². The van der Waals surface area contributed by atoms with Gasteiger partial charge in [-0.05, 0) is 13.0 Å². The normalized spacial score (nSPS) is 22.5. The van der Waals surface area contributed by atoms with Gasteiger partial charge in [-0.2, -0.15) is 0 Å². The summed E-state index contributed by atoms with van der Waals surface area (Å²) in [7, 11) is 1.31. The van der Waals surface area contributed by atoms with Gasteiger partial charge in [0.25, 0.3) is 11.6 Å². The zero-order chi connectivity index (χ0) is 23.7. The van der Waals surface area contributed by atoms with Gasteiger partial charge in [-0.25, -0.2) is 9.59 Å².